The van der Waals surface area contributed by atoms with Crippen LogP contribution in [0.15, 0.2) is 83.8 Å². The molecule has 4 aromatic rings. The zero-order valence-electron chi connectivity index (χ0n) is 25.4. The summed E-state index contributed by atoms with van der Waals surface area (Å²) in [6, 6.07) is 16.6. The van der Waals surface area contributed by atoms with Gasteiger partial charge in [-0.1, -0.05) is 41.9 Å². The van der Waals surface area contributed by atoms with Crippen LogP contribution in [-0.4, -0.2) is 52.8 Å². The van der Waals surface area contributed by atoms with Crippen LogP contribution in [0, 0.1) is 6.92 Å². The highest BCUT2D eigenvalue weighted by atomic mass is 35.5. The minimum atomic E-state index is -0.894. The number of nitrogens with zero attached hydrogens (tertiary/aromatic N) is 3. The van der Waals surface area contributed by atoms with Crippen molar-refractivity contribution in [3.05, 3.63) is 106 Å². The summed E-state index contributed by atoms with van der Waals surface area (Å²) in [6.45, 7) is 5.52. The Labute approximate surface area is 265 Å². The van der Waals surface area contributed by atoms with Crippen LogP contribution >= 0.6 is 11.6 Å². The van der Waals surface area contributed by atoms with E-state index < -0.39 is 23.8 Å². The van der Waals surface area contributed by atoms with Gasteiger partial charge in [0.15, 0.2) is 0 Å². The Kier molecular flexibility index (Phi) is 9.63. The fourth-order valence-corrected chi connectivity index (χ4v) is 5.74. The van der Waals surface area contributed by atoms with Crippen LogP contribution in [0.5, 0.6) is 0 Å². The number of benzene rings is 2. The molecule has 1 aliphatic rings. The fraction of sp³-hybridized carbons (Fsp3) is 0.265. The molecule has 2 aromatic carbocycles. The lowest BCUT2D eigenvalue weighted by Crippen LogP contribution is -2.33. The van der Waals surface area contributed by atoms with E-state index in [4.69, 9.17) is 21.1 Å². The van der Waals surface area contributed by atoms with Gasteiger partial charge in [0.05, 0.1) is 54.8 Å². The number of hydrogen-bond donors (Lipinski definition) is 1. The van der Waals surface area contributed by atoms with Gasteiger partial charge in [-0.25, -0.2) is 14.6 Å². The van der Waals surface area contributed by atoms with E-state index in [0.717, 1.165) is 22.5 Å². The zero-order valence-corrected chi connectivity index (χ0v) is 26.2. The molecule has 10 nitrogen and oxygen atoms in total. The van der Waals surface area contributed by atoms with E-state index >= 15 is 0 Å². The molecular formula is C34H33ClN4O6. The van der Waals surface area contributed by atoms with Gasteiger partial charge in [0.1, 0.15) is 11.3 Å². The van der Waals surface area contributed by atoms with Gasteiger partial charge in [0.2, 0.25) is 0 Å². The molecule has 0 fully saturated rings. The number of pyridine rings is 1. The van der Waals surface area contributed by atoms with E-state index in [0.29, 0.717) is 27.5 Å². The summed E-state index contributed by atoms with van der Waals surface area (Å²) in [4.78, 5) is 47.7. The van der Waals surface area contributed by atoms with E-state index in [9.17, 15) is 14.4 Å². The zero-order chi connectivity index (χ0) is 32.1. The minimum absolute atomic E-state index is 0.00879. The molecule has 1 unspecified atom stereocenters. The maximum absolute atomic E-state index is 13.8. The van der Waals surface area contributed by atoms with Gasteiger partial charge in [-0.05, 0) is 62.6 Å². The normalized spacial score (nSPS) is 14.7. The third-order valence-corrected chi connectivity index (χ3v) is 7.86. The van der Waals surface area contributed by atoms with Gasteiger partial charge in [-0.15, -0.1) is 0 Å². The number of hydrogen-bond acceptors (Lipinski definition) is 9. The number of methoxy groups -OCH3 is 1. The van der Waals surface area contributed by atoms with Crippen molar-refractivity contribution in [2.75, 3.05) is 20.3 Å². The topological polar surface area (TPSA) is 122 Å². The number of imidazole rings is 1. The van der Waals surface area contributed by atoms with Crippen molar-refractivity contribution in [1.29, 1.82) is 0 Å². The van der Waals surface area contributed by atoms with Gasteiger partial charge in [0, 0.05) is 29.0 Å². The first-order chi connectivity index (χ1) is 21.7. The van der Waals surface area contributed by atoms with E-state index in [1.807, 2.05) is 41.8 Å². The third kappa shape index (κ3) is 6.46. The Balaban J connectivity index is 1.59. The van der Waals surface area contributed by atoms with Crippen LogP contribution in [-0.2, 0) is 28.6 Å². The van der Waals surface area contributed by atoms with Crippen molar-refractivity contribution in [1.82, 2.24) is 19.9 Å². The first-order valence-electron chi connectivity index (χ1n) is 14.5. The van der Waals surface area contributed by atoms with Crippen molar-refractivity contribution in [3.63, 3.8) is 0 Å². The number of carbonyl (C=O) groups is 3. The quantitative estimate of drug-likeness (QED) is 0.132. The summed E-state index contributed by atoms with van der Waals surface area (Å²) in [6.07, 6.45) is 3.84. The number of dihydropyridines is 1. The SMILES string of the molecule is CCOC(=O)C1=C(c2ccc(-n3c(C)nc4cnccc43)cc2)NC(C)=C(C(=O)OCCCC(=O)OC)C1c1ccccc1Cl. The number of allylic oxidation sites excluding steroid dienone is 1. The van der Waals surface area contributed by atoms with Crippen molar-refractivity contribution in [2.24, 2.45) is 0 Å². The molecule has 11 heteroatoms. The maximum Gasteiger partial charge on any atom is 0.337 e. The summed E-state index contributed by atoms with van der Waals surface area (Å²) in [5.74, 6) is -1.72. The first kappa shape index (κ1) is 31.5. The summed E-state index contributed by atoms with van der Waals surface area (Å²) in [5.41, 5.74) is 5.26. The third-order valence-electron chi connectivity index (χ3n) is 7.52. The molecule has 3 heterocycles. The van der Waals surface area contributed by atoms with Crippen molar-refractivity contribution in [2.45, 2.75) is 39.5 Å². The largest absolute Gasteiger partial charge is 0.469 e. The summed E-state index contributed by atoms with van der Waals surface area (Å²) < 4.78 is 17.8. The number of aryl methyl sites for hydroxylation is 1. The van der Waals surface area contributed by atoms with Crippen molar-refractivity contribution >= 4 is 46.2 Å². The Bertz CT molecular complexity index is 1830. The van der Waals surface area contributed by atoms with Gasteiger partial charge >= 0.3 is 17.9 Å². The molecule has 2 aromatic heterocycles. The number of esters is 3. The van der Waals surface area contributed by atoms with E-state index in [1.165, 1.54) is 7.11 Å². The van der Waals surface area contributed by atoms with E-state index in [1.54, 1.807) is 50.5 Å². The number of carbonyl (C=O) groups excluding carboxylic acids is 3. The Hall–Kier alpha value is -4.96. The number of fused-ring (bicyclic) bond motifs is 1. The van der Waals surface area contributed by atoms with Crippen molar-refractivity contribution < 1.29 is 28.6 Å². The molecule has 0 bridgehead atoms. The number of rotatable bonds is 10. The predicted molar refractivity (Wildman–Crippen MR) is 169 cm³/mol. The standard InChI is InChI=1S/C34H33ClN4O6/c1-5-44-34(42)31-30(24-9-6-7-10-25(24)35)29(33(41)45-18-8-11-28(40)43-4)20(2)37-32(31)22-12-14-23(15-13-22)39-21(3)38-26-19-36-17-16-27(26)39/h6-7,9-10,12-17,19,30,37H,5,8,11,18H2,1-4H3. The van der Waals surface area contributed by atoms with Crippen LogP contribution in [0.2, 0.25) is 5.02 Å². The van der Waals surface area contributed by atoms with Crippen LogP contribution < -0.4 is 5.32 Å². The Morgan fingerprint density at radius 1 is 0.978 bits per heavy atom. The lowest BCUT2D eigenvalue weighted by atomic mass is 9.79. The van der Waals surface area contributed by atoms with Crippen LogP contribution in [0.3, 0.4) is 0 Å². The Morgan fingerprint density at radius 2 is 1.71 bits per heavy atom. The predicted octanol–water partition coefficient (Wildman–Crippen LogP) is 5.81. The second-order valence-corrected chi connectivity index (χ2v) is 10.8. The lowest BCUT2D eigenvalue weighted by Gasteiger charge is -2.32. The molecular weight excluding hydrogens is 596 g/mol. The average Bonchev–Trinajstić information content (AvgIpc) is 3.38. The molecule has 1 atom stereocenters. The van der Waals surface area contributed by atoms with Gasteiger partial charge < -0.3 is 19.5 Å². The highest BCUT2D eigenvalue weighted by Crippen LogP contribution is 2.44. The highest BCUT2D eigenvalue weighted by Gasteiger charge is 2.40. The molecule has 0 aliphatic carbocycles. The summed E-state index contributed by atoms with van der Waals surface area (Å²) in [5, 5.41) is 3.67. The summed E-state index contributed by atoms with van der Waals surface area (Å²) in [7, 11) is 1.30. The molecule has 0 radical (unpaired) electrons. The fourth-order valence-electron chi connectivity index (χ4n) is 5.49. The molecule has 0 saturated carbocycles. The number of ether oxygens (including phenoxy) is 3. The first-order valence-corrected chi connectivity index (χ1v) is 14.9. The maximum atomic E-state index is 13.8. The molecule has 0 saturated heterocycles. The molecule has 1 N–H and O–H groups in total. The second kappa shape index (κ2) is 13.8. The van der Waals surface area contributed by atoms with E-state index in [2.05, 4.69) is 20.0 Å². The Morgan fingerprint density at radius 3 is 2.42 bits per heavy atom. The van der Waals surface area contributed by atoms with E-state index in [-0.39, 0.29) is 37.2 Å². The monoisotopic (exact) mass is 628 g/mol. The molecule has 232 valence electrons. The minimum Gasteiger partial charge on any atom is -0.469 e. The smallest absolute Gasteiger partial charge is 0.337 e. The highest BCUT2D eigenvalue weighted by molar-refractivity contribution is 6.31. The van der Waals surface area contributed by atoms with Crippen LogP contribution in [0.4, 0.5) is 0 Å². The lowest BCUT2D eigenvalue weighted by molar-refractivity contribution is -0.144. The molecule has 0 amide bonds. The van der Waals surface area contributed by atoms with Crippen LogP contribution in [0.25, 0.3) is 22.4 Å². The number of halogens is 1. The van der Waals surface area contributed by atoms with Gasteiger partial charge in [-0.2, -0.15) is 0 Å². The second-order valence-electron chi connectivity index (χ2n) is 10.3. The molecule has 45 heavy (non-hydrogen) atoms. The molecule has 0 spiro atoms. The van der Waals surface area contributed by atoms with Gasteiger partial charge in [-0.3, -0.25) is 14.3 Å². The average molecular weight is 629 g/mol. The van der Waals surface area contributed by atoms with Gasteiger partial charge in [0.25, 0.3) is 0 Å². The summed E-state index contributed by atoms with van der Waals surface area (Å²) >= 11 is 6.70. The molecule has 5 rings (SSSR count). The number of aromatic nitrogens is 3. The van der Waals surface area contributed by atoms with Crippen molar-refractivity contribution in [3.8, 4) is 5.69 Å². The molecule has 1 aliphatic heterocycles. The van der Waals surface area contributed by atoms with Crippen LogP contribution in [0.1, 0.15) is 49.6 Å². The number of nitrogens with one attached hydrogen (secondary N) is 1.